The van der Waals surface area contributed by atoms with Crippen LogP contribution in [-0.4, -0.2) is 34.6 Å². The molecule has 33 heavy (non-hydrogen) atoms. The molecule has 0 atom stereocenters. The highest BCUT2D eigenvalue weighted by molar-refractivity contribution is 7.91. The molecule has 174 valence electrons. The number of anilines is 1. The summed E-state index contributed by atoms with van der Waals surface area (Å²) in [6.07, 6.45) is 0. The summed E-state index contributed by atoms with van der Waals surface area (Å²) in [6.45, 7) is 4.32. The number of rotatable bonds is 10. The molecule has 0 heterocycles. The van der Waals surface area contributed by atoms with Crippen molar-refractivity contribution in [2.75, 3.05) is 25.6 Å². The Balaban J connectivity index is 1.78. The van der Waals surface area contributed by atoms with Gasteiger partial charge in [-0.25, -0.2) is 8.42 Å². The second-order valence-corrected chi connectivity index (χ2v) is 9.27. The monoisotopic (exact) mass is 468 g/mol. The predicted molar refractivity (Wildman–Crippen MR) is 128 cm³/mol. The molecule has 0 aliphatic carbocycles. The van der Waals surface area contributed by atoms with Gasteiger partial charge in [-0.3, -0.25) is 4.79 Å². The van der Waals surface area contributed by atoms with E-state index < -0.39 is 9.84 Å². The molecule has 8 heteroatoms. The number of methoxy groups -OCH3 is 1. The van der Waals surface area contributed by atoms with Crippen LogP contribution in [0.5, 0.6) is 11.5 Å². The molecule has 7 nitrogen and oxygen atoms in total. The van der Waals surface area contributed by atoms with E-state index in [-0.39, 0.29) is 22.2 Å². The average Bonchev–Trinajstić information content (AvgIpc) is 2.82. The highest BCUT2D eigenvalue weighted by Crippen LogP contribution is 2.31. The Morgan fingerprint density at radius 2 is 1.73 bits per heavy atom. The second kappa shape index (κ2) is 10.9. The van der Waals surface area contributed by atoms with E-state index in [0.717, 1.165) is 11.1 Å². The SMILES string of the molecule is CCOc1ccc(NCC(=O)NCc2ccccc2OC)c(S(=O)(=O)c2ccc(C)cc2)c1. The third kappa shape index (κ3) is 6.04. The van der Waals surface area contributed by atoms with Gasteiger partial charge in [0.1, 0.15) is 11.5 Å². The van der Waals surface area contributed by atoms with Gasteiger partial charge in [0.05, 0.1) is 35.7 Å². The maximum absolute atomic E-state index is 13.3. The number of ether oxygens (including phenoxy) is 2. The third-order valence-corrected chi connectivity index (χ3v) is 6.80. The van der Waals surface area contributed by atoms with Gasteiger partial charge in [0, 0.05) is 18.2 Å². The molecule has 0 aliphatic heterocycles. The summed E-state index contributed by atoms with van der Waals surface area (Å²) in [5.41, 5.74) is 2.13. The first-order valence-electron chi connectivity index (χ1n) is 10.6. The normalized spacial score (nSPS) is 11.0. The van der Waals surface area contributed by atoms with Crippen LogP contribution in [-0.2, 0) is 21.2 Å². The summed E-state index contributed by atoms with van der Waals surface area (Å²) in [5, 5.41) is 5.77. The molecule has 3 aromatic rings. The minimum atomic E-state index is -3.83. The maximum atomic E-state index is 13.3. The minimum absolute atomic E-state index is 0.0508. The lowest BCUT2D eigenvalue weighted by atomic mass is 10.2. The lowest BCUT2D eigenvalue weighted by Crippen LogP contribution is -2.29. The van der Waals surface area contributed by atoms with Crippen LogP contribution >= 0.6 is 0 Å². The fraction of sp³-hybridized carbons (Fsp3) is 0.240. The first-order chi connectivity index (χ1) is 15.8. The molecule has 3 aromatic carbocycles. The van der Waals surface area contributed by atoms with E-state index in [9.17, 15) is 13.2 Å². The van der Waals surface area contributed by atoms with Crippen LogP contribution in [0.25, 0.3) is 0 Å². The molecule has 2 N–H and O–H groups in total. The maximum Gasteiger partial charge on any atom is 0.239 e. The Bertz CT molecular complexity index is 1210. The van der Waals surface area contributed by atoms with E-state index in [1.165, 1.54) is 6.07 Å². The predicted octanol–water partition coefficient (Wildman–Crippen LogP) is 3.96. The van der Waals surface area contributed by atoms with Crippen LogP contribution < -0.4 is 20.1 Å². The van der Waals surface area contributed by atoms with Crippen molar-refractivity contribution in [2.45, 2.75) is 30.2 Å². The molecule has 1 amide bonds. The van der Waals surface area contributed by atoms with E-state index in [2.05, 4.69) is 10.6 Å². The van der Waals surface area contributed by atoms with E-state index in [1.807, 2.05) is 38.1 Å². The lowest BCUT2D eigenvalue weighted by Gasteiger charge is -2.15. The fourth-order valence-corrected chi connectivity index (χ4v) is 4.70. The van der Waals surface area contributed by atoms with Gasteiger partial charge in [-0.1, -0.05) is 35.9 Å². The van der Waals surface area contributed by atoms with Crippen LogP contribution in [0.15, 0.2) is 76.5 Å². The first kappa shape index (κ1) is 24.1. The van der Waals surface area contributed by atoms with Crippen LogP contribution in [0.1, 0.15) is 18.1 Å². The van der Waals surface area contributed by atoms with Crippen molar-refractivity contribution in [2.24, 2.45) is 0 Å². The zero-order valence-corrected chi connectivity index (χ0v) is 19.7. The highest BCUT2D eigenvalue weighted by atomic mass is 32.2. The number of amides is 1. The van der Waals surface area contributed by atoms with Gasteiger partial charge in [-0.15, -0.1) is 0 Å². The van der Waals surface area contributed by atoms with Gasteiger partial charge in [0.15, 0.2) is 0 Å². The molecule has 0 unspecified atom stereocenters. The Morgan fingerprint density at radius 3 is 2.42 bits per heavy atom. The number of benzene rings is 3. The number of sulfone groups is 1. The van der Waals surface area contributed by atoms with Crippen molar-refractivity contribution < 1.29 is 22.7 Å². The van der Waals surface area contributed by atoms with Crippen molar-refractivity contribution in [1.82, 2.24) is 5.32 Å². The van der Waals surface area contributed by atoms with Gasteiger partial charge in [0.2, 0.25) is 15.7 Å². The lowest BCUT2D eigenvalue weighted by molar-refractivity contribution is -0.119. The van der Waals surface area contributed by atoms with E-state index in [0.29, 0.717) is 30.3 Å². The first-order valence-corrected chi connectivity index (χ1v) is 12.0. The summed E-state index contributed by atoms with van der Waals surface area (Å²) < 4.78 is 37.5. The van der Waals surface area contributed by atoms with Gasteiger partial charge < -0.3 is 20.1 Å². The number of nitrogens with one attached hydrogen (secondary N) is 2. The van der Waals surface area contributed by atoms with Gasteiger partial charge >= 0.3 is 0 Å². The van der Waals surface area contributed by atoms with Gasteiger partial charge in [0.25, 0.3) is 0 Å². The molecule has 0 saturated carbocycles. The Kier molecular flexibility index (Phi) is 7.95. The minimum Gasteiger partial charge on any atom is -0.496 e. The molecular formula is C25H28N2O5S. The van der Waals surface area contributed by atoms with Crippen LogP contribution in [0.3, 0.4) is 0 Å². The van der Waals surface area contributed by atoms with Crippen LogP contribution in [0, 0.1) is 6.92 Å². The Hall–Kier alpha value is -3.52. The summed E-state index contributed by atoms with van der Waals surface area (Å²) in [7, 11) is -2.26. The van der Waals surface area contributed by atoms with Crippen LogP contribution in [0.2, 0.25) is 0 Å². The molecule has 0 spiro atoms. The molecule has 0 saturated heterocycles. The number of aryl methyl sites for hydroxylation is 1. The Labute approximate surface area is 194 Å². The van der Waals surface area contributed by atoms with E-state index in [1.54, 1.807) is 43.5 Å². The third-order valence-electron chi connectivity index (χ3n) is 4.99. The van der Waals surface area contributed by atoms with E-state index in [4.69, 9.17) is 9.47 Å². The summed E-state index contributed by atoms with van der Waals surface area (Å²) in [5.74, 6) is 0.839. The standard InChI is InChI=1S/C25H28N2O5S/c1-4-32-20-11-14-22(24(15-20)33(29,30)21-12-9-18(2)10-13-21)26-17-25(28)27-16-19-7-5-6-8-23(19)31-3/h5-15,26H,4,16-17H2,1-3H3,(H,27,28). The zero-order valence-electron chi connectivity index (χ0n) is 18.9. The van der Waals surface area contributed by atoms with Crippen molar-refractivity contribution in [3.8, 4) is 11.5 Å². The molecule has 3 rings (SSSR count). The smallest absolute Gasteiger partial charge is 0.239 e. The molecule has 0 bridgehead atoms. The number of carbonyl (C=O) groups excluding carboxylic acids is 1. The zero-order chi connectivity index (χ0) is 23.8. The number of para-hydroxylation sites is 1. The van der Waals surface area contributed by atoms with Gasteiger partial charge in [-0.2, -0.15) is 0 Å². The van der Waals surface area contributed by atoms with Crippen LogP contribution in [0.4, 0.5) is 5.69 Å². The number of hydrogen-bond acceptors (Lipinski definition) is 6. The van der Waals surface area contributed by atoms with Gasteiger partial charge in [-0.05, 0) is 44.2 Å². The fourth-order valence-electron chi connectivity index (χ4n) is 3.25. The number of carbonyl (C=O) groups is 1. The summed E-state index contributed by atoms with van der Waals surface area (Å²) in [4.78, 5) is 12.7. The Morgan fingerprint density at radius 1 is 1.00 bits per heavy atom. The quantitative estimate of drug-likeness (QED) is 0.468. The molecule has 0 aromatic heterocycles. The average molecular weight is 469 g/mol. The number of hydrogen-bond donors (Lipinski definition) is 2. The topological polar surface area (TPSA) is 93.7 Å². The molecular weight excluding hydrogens is 440 g/mol. The van der Waals surface area contributed by atoms with Crippen molar-refractivity contribution >= 4 is 21.4 Å². The second-order valence-electron chi connectivity index (χ2n) is 7.35. The molecule has 0 radical (unpaired) electrons. The van der Waals surface area contributed by atoms with Crippen molar-refractivity contribution in [3.05, 3.63) is 77.9 Å². The summed E-state index contributed by atoms with van der Waals surface area (Å²) >= 11 is 0. The summed E-state index contributed by atoms with van der Waals surface area (Å²) in [6, 6.07) is 18.8. The largest absolute Gasteiger partial charge is 0.496 e. The van der Waals surface area contributed by atoms with Crippen molar-refractivity contribution in [3.63, 3.8) is 0 Å². The highest BCUT2D eigenvalue weighted by Gasteiger charge is 2.23. The van der Waals surface area contributed by atoms with E-state index >= 15 is 0 Å². The molecule has 0 fully saturated rings. The molecule has 0 aliphatic rings. The van der Waals surface area contributed by atoms with Crippen molar-refractivity contribution in [1.29, 1.82) is 0 Å².